The molecule has 134 valence electrons. The van der Waals surface area contributed by atoms with Gasteiger partial charge in [0.2, 0.25) is 0 Å². The van der Waals surface area contributed by atoms with Gasteiger partial charge >= 0.3 is 0 Å². The Morgan fingerprint density at radius 3 is 2.84 bits per heavy atom. The van der Waals surface area contributed by atoms with Crippen molar-refractivity contribution in [2.75, 3.05) is 0 Å². The lowest BCUT2D eigenvalue weighted by Gasteiger charge is -2.25. The number of rotatable bonds is 5. The van der Waals surface area contributed by atoms with Gasteiger partial charge in [0, 0.05) is 29.9 Å². The third-order valence-corrected chi connectivity index (χ3v) is 4.70. The quantitative estimate of drug-likeness (QED) is 0.863. The van der Waals surface area contributed by atoms with Gasteiger partial charge in [0.05, 0.1) is 12.2 Å². The van der Waals surface area contributed by atoms with Gasteiger partial charge in [-0.25, -0.2) is 4.68 Å². The minimum atomic E-state index is -0.195. The highest BCUT2D eigenvalue weighted by atomic mass is 16.2. The molecule has 2 aromatic rings. The molecule has 0 bridgehead atoms. The van der Waals surface area contributed by atoms with Crippen LogP contribution in [0.25, 0.3) is 0 Å². The molecule has 0 aromatic carbocycles. The Hall–Kier alpha value is -2.28. The van der Waals surface area contributed by atoms with Crippen molar-refractivity contribution in [1.29, 1.82) is 0 Å². The van der Waals surface area contributed by atoms with Gasteiger partial charge in [0.1, 0.15) is 0 Å². The highest BCUT2D eigenvalue weighted by Crippen LogP contribution is 2.26. The van der Waals surface area contributed by atoms with Crippen molar-refractivity contribution in [2.24, 2.45) is 5.73 Å². The van der Waals surface area contributed by atoms with Crippen LogP contribution < -0.4 is 11.1 Å². The van der Waals surface area contributed by atoms with Gasteiger partial charge in [0.25, 0.3) is 5.91 Å². The molecule has 25 heavy (non-hydrogen) atoms. The number of aromatic nitrogens is 4. The maximum Gasteiger partial charge on any atom is 0.273 e. The average molecular weight is 342 g/mol. The van der Waals surface area contributed by atoms with E-state index in [-0.39, 0.29) is 11.9 Å². The molecule has 0 radical (unpaired) electrons. The largest absolute Gasteiger partial charge is 0.348 e. The predicted molar refractivity (Wildman–Crippen MR) is 95.1 cm³/mol. The van der Waals surface area contributed by atoms with Gasteiger partial charge in [-0.05, 0) is 51.7 Å². The van der Waals surface area contributed by atoms with Gasteiger partial charge in [-0.2, -0.15) is 0 Å². The lowest BCUT2D eigenvalue weighted by atomic mass is 9.92. The summed E-state index contributed by atoms with van der Waals surface area (Å²) < 4.78 is 1.81. The van der Waals surface area contributed by atoms with Gasteiger partial charge in [-0.3, -0.25) is 9.78 Å². The third-order valence-electron chi connectivity index (χ3n) is 4.70. The Kier molecular flexibility index (Phi) is 5.43. The van der Waals surface area contributed by atoms with Crippen LogP contribution in [0.3, 0.4) is 0 Å². The number of amides is 1. The first-order valence-electron chi connectivity index (χ1n) is 8.92. The summed E-state index contributed by atoms with van der Waals surface area (Å²) in [5.41, 5.74) is 8.25. The zero-order chi connectivity index (χ0) is 17.8. The highest BCUT2D eigenvalue weighted by Gasteiger charge is 2.22. The van der Waals surface area contributed by atoms with Crippen molar-refractivity contribution in [2.45, 2.75) is 64.1 Å². The van der Waals surface area contributed by atoms with Gasteiger partial charge in [0.15, 0.2) is 5.69 Å². The summed E-state index contributed by atoms with van der Waals surface area (Å²) in [6.45, 7) is 3.93. The molecule has 1 unspecified atom stereocenters. The Labute approximate surface area is 148 Å². The molecule has 0 saturated heterocycles. The Morgan fingerprint density at radius 1 is 1.36 bits per heavy atom. The number of aryl methyl sites for hydroxylation is 1. The minimum absolute atomic E-state index is 0.0281. The van der Waals surface area contributed by atoms with E-state index in [2.05, 4.69) is 20.6 Å². The maximum atomic E-state index is 12.4. The number of carbonyl (C=O) groups excluding carboxylic acids is 1. The molecular formula is C18H26N6O. The van der Waals surface area contributed by atoms with Crippen LogP contribution in [-0.2, 0) is 6.42 Å². The van der Waals surface area contributed by atoms with Crippen LogP contribution >= 0.6 is 0 Å². The first-order valence-corrected chi connectivity index (χ1v) is 8.92. The molecule has 1 saturated carbocycles. The number of hydrogen-bond acceptors (Lipinski definition) is 5. The number of nitrogens with two attached hydrogens (primary N) is 1. The van der Waals surface area contributed by atoms with E-state index >= 15 is 0 Å². The molecule has 1 aliphatic rings. The summed E-state index contributed by atoms with van der Waals surface area (Å²) in [5, 5.41) is 11.2. The van der Waals surface area contributed by atoms with E-state index < -0.39 is 0 Å². The predicted octanol–water partition coefficient (Wildman–Crippen LogP) is 1.78. The van der Waals surface area contributed by atoms with Crippen LogP contribution in [0.15, 0.2) is 24.4 Å². The molecule has 3 N–H and O–H groups in total. The van der Waals surface area contributed by atoms with Crippen LogP contribution in [0.4, 0.5) is 0 Å². The van der Waals surface area contributed by atoms with E-state index in [0.29, 0.717) is 24.2 Å². The third kappa shape index (κ3) is 4.63. The van der Waals surface area contributed by atoms with Crippen molar-refractivity contribution in [3.8, 4) is 0 Å². The van der Waals surface area contributed by atoms with E-state index in [1.807, 2.05) is 36.7 Å². The summed E-state index contributed by atoms with van der Waals surface area (Å²) in [6, 6.07) is 6.47. The molecular weight excluding hydrogens is 316 g/mol. The van der Waals surface area contributed by atoms with Crippen LogP contribution in [0.5, 0.6) is 0 Å². The topological polar surface area (TPSA) is 98.7 Å². The van der Waals surface area contributed by atoms with E-state index in [1.54, 1.807) is 6.20 Å². The molecule has 1 atom stereocenters. The van der Waals surface area contributed by atoms with Gasteiger partial charge in [-0.15, -0.1) is 5.10 Å². The fourth-order valence-corrected chi connectivity index (χ4v) is 3.30. The van der Waals surface area contributed by atoms with Crippen LogP contribution in [0, 0.1) is 6.92 Å². The average Bonchev–Trinajstić information content (AvgIpc) is 3.05. The number of hydrogen-bond donors (Lipinski definition) is 2. The summed E-state index contributed by atoms with van der Waals surface area (Å²) >= 11 is 0. The summed E-state index contributed by atoms with van der Waals surface area (Å²) in [7, 11) is 0. The lowest BCUT2D eigenvalue weighted by molar-refractivity contribution is 0.0935. The molecule has 3 rings (SSSR count). The van der Waals surface area contributed by atoms with E-state index in [4.69, 9.17) is 5.73 Å². The van der Waals surface area contributed by atoms with E-state index in [9.17, 15) is 4.79 Å². The van der Waals surface area contributed by atoms with Crippen molar-refractivity contribution in [3.63, 3.8) is 0 Å². The Morgan fingerprint density at radius 2 is 2.12 bits per heavy atom. The standard InChI is InChI=1S/C18H26N6O/c1-12-4-3-5-15(20-12)10-13(2)21-18(25)17-11-24(23-22-17)16-8-6-14(19)7-9-16/h3-5,11,13-14,16H,6-10,19H2,1-2H3,(H,21,25). The smallest absolute Gasteiger partial charge is 0.273 e. The SMILES string of the molecule is Cc1cccc(CC(C)NC(=O)c2cn(C3CCC(N)CC3)nn2)n1. The number of nitrogens with one attached hydrogen (secondary N) is 1. The lowest BCUT2D eigenvalue weighted by Crippen LogP contribution is -2.34. The molecule has 1 aliphatic carbocycles. The molecule has 1 fully saturated rings. The van der Waals surface area contributed by atoms with Gasteiger partial charge in [-0.1, -0.05) is 11.3 Å². The zero-order valence-corrected chi connectivity index (χ0v) is 14.9. The second kappa shape index (κ2) is 7.74. The van der Waals surface area contributed by atoms with Crippen LogP contribution in [0.1, 0.15) is 60.5 Å². The van der Waals surface area contributed by atoms with Crippen LogP contribution in [-0.4, -0.2) is 38.0 Å². The first-order chi connectivity index (χ1) is 12.0. The number of nitrogens with zero attached hydrogens (tertiary/aromatic N) is 4. The Bertz CT molecular complexity index is 720. The normalized spacial score (nSPS) is 21.7. The number of pyridine rings is 1. The molecule has 0 aliphatic heterocycles. The van der Waals surface area contributed by atoms with Gasteiger partial charge < -0.3 is 11.1 Å². The fourth-order valence-electron chi connectivity index (χ4n) is 3.30. The number of carbonyl (C=O) groups is 1. The van der Waals surface area contributed by atoms with Crippen LogP contribution in [0.2, 0.25) is 0 Å². The second-order valence-corrected chi connectivity index (χ2v) is 7.00. The molecule has 2 aromatic heterocycles. The van der Waals surface area contributed by atoms with E-state index in [0.717, 1.165) is 37.1 Å². The second-order valence-electron chi connectivity index (χ2n) is 7.00. The van der Waals surface area contributed by atoms with Crippen molar-refractivity contribution >= 4 is 5.91 Å². The van der Waals surface area contributed by atoms with Crippen molar-refractivity contribution < 1.29 is 4.79 Å². The minimum Gasteiger partial charge on any atom is -0.348 e. The Balaban J connectivity index is 1.56. The van der Waals surface area contributed by atoms with Crippen molar-refractivity contribution in [1.82, 2.24) is 25.3 Å². The van der Waals surface area contributed by atoms with Crippen molar-refractivity contribution in [3.05, 3.63) is 41.5 Å². The molecule has 7 nitrogen and oxygen atoms in total. The maximum absolute atomic E-state index is 12.4. The van der Waals surface area contributed by atoms with E-state index in [1.165, 1.54) is 0 Å². The monoisotopic (exact) mass is 342 g/mol. The summed E-state index contributed by atoms with van der Waals surface area (Å²) in [6.07, 6.45) is 6.39. The molecule has 2 heterocycles. The highest BCUT2D eigenvalue weighted by molar-refractivity contribution is 5.92. The fraction of sp³-hybridized carbons (Fsp3) is 0.556. The zero-order valence-electron chi connectivity index (χ0n) is 14.9. The molecule has 1 amide bonds. The molecule has 0 spiro atoms. The summed E-state index contributed by atoms with van der Waals surface area (Å²) in [5.74, 6) is -0.195. The molecule has 7 heteroatoms. The first kappa shape index (κ1) is 17.5. The summed E-state index contributed by atoms with van der Waals surface area (Å²) in [4.78, 5) is 16.9.